The number of hydrogen-bond acceptors (Lipinski definition) is 4. The third kappa shape index (κ3) is 4.63. The molecule has 4 N–H and O–H groups in total. The second-order valence-electron chi connectivity index (χ2n) is 5.17. The van der Waals surface area contributed by atoms with Crippen LogP contribution in [-0.2, 0) is 4.74 Å². The molecule has 1 rings (SSSR count). The van der Waals surface area contributed by atoms with Gasteiger partial charge in [-0.15, -0.1) is 0 Å². The minimum Gasteiger partial charge on any atom is -0.507 e. The van der Waals surface area contributed by atoms with Gasteiger partial charge in [0.2, 0.25) is 0 Å². The summed E-state index contributed by atoms with van der Waals surface area (Å²) in [6, 6.07) is 4.66. The van der Waals surface area contributed by atoms with Crippen LogP contribution in [0.15, 0.2) is 24.8 Å². The van der Waals surface area contributed by atoms with E-state index in [2.05, 4.69) is 11.9 Å². The molecule has 1 amide bonds. The van der Waals surface area contributed by atoms with Crippen molar-refractivity contribution in [2.45, 2.75) is 26.4 Å². The predicted molar refractivity (Wildman–Crippen MR) is 76.1 cm³/mol. The Balaban J connectivity index is 2.86. The van der Waals surface area contributed by atoms with Crippen molar-refractivity contribution in [1.29, 1.82) is 0 Å². The minimum atomic E-state index is -0.565. The summed E-state index contributed by atoms with van der Waals surface area (Å²) < 4.78 is 5.14. The molecule has 0 unspecified atom stereocenters. The van der Waals surface area contributed by atoms with E-state index in [9.17, 15) is 9.90 Å². The summed E-state index contributed by atoms with van der Waals surface area (Å²) in [5.74, 6) is 0.0742. The van der Waals surface area contributed by atoms with Gasteiger partial charge in [0, 0.05) is 17.8 Å². The minimum absolute atomic E-state index is 0.0742. The standard InChI is InChI=1S/C14H20N2O3/c1-9(8-15)11-7-10(5-6-12(11)17)16-13(18)19-14(2,3)4/h5-7,17H,1,8,15H2,2-4H3,(H,16,18). The van der Waals surface area contributed by atoms with E-state index in [0.29, 0.717) is 16.8 Å². The van der Waals surface area contributed by atoms with E-state index in [1.54, 1.807) is 32.9 Å². The summed E-state index contributed by atoms with van der Waals surface area (Å²) in [5, 5.41) is 12.3. The number of benzene rings is 1. The summed E-state index contributed by atoms with van der Waals surface area (Å²) in [5.41, 5.74) is 6.53. The highest BCUT2D eigenvalue weighted by molar-refractivity contribution is 5.86. The molecule has 0 radical (unpaired) electrons. The molecule has 1 aromatic carbocycles. The lowest BCUT2D eigenvalue weighted by molar-refractivity contribution is 0.0636. The molecule has 0 aliphatic heterocycles. The Labute approximate surface area is 113 Å². The number of ether oxygens (including phenoxy) is 1. The number of nitrogens with two attached hydrogens (primary N) is 1. The molecule has 0 aromatic heterocycles. The fourth-order valence-electron chi connectivity index (χ4n) is 1.43. The Hall–Kier alpha value is -2.01. The molecule has 0 saturated carbocycles. The third-order valence-electron chi connectivity index (χ3n) is 2.27. The SMILES string of the molecule is C=C(CN)c1cc(NC(=O)OC(C)(C)C)ccc1O. The van der Waals surface area contributed by atoms with Crippen molar-refractivity contribution in [3.8, 4) is 5.75 Å². The van der Waals surface area contributed by atoms with Gasteiger partial charge in [-0.3, -0.25) is 5.32 Å². The predicted octanol–water partition coefficient (Wildman–Crippen LogP) is 2.71. The van der Waals surface area contributed by atoms with Gasteiger partial charge in [-0.2, -0.15) is 0 Å². The summed E-state index contributed by atoms with van der Waals surface area (Å²) in [6.07, 6.45) is -0.553. The van der Waals surface area contributed by atoms with Crippen molar-refractivity contribution < 1.29 is 14.6 Å². The maximum atomic E-state index is 11.6. The molecule has 0 aliphatic carbocycles. The van der Waals surface area contributed by atoms with E-state index in [1.165, 1.54) is 6.07 Å². The zero-order valence-corrected chi connectivity index (χ0v) is 11.5. The van der Waals surface area contributed by atoms with Crippen molar-refractivity contribution in [3.63, 3.8) is 0 Å². The van der Waals surface area contributed by atoms with Crippen LogP contribution in [0.1, 0.15) is 26.3 Å². The molecule has 0 spiro atoms. The number of phenolic OH excluding ortho intramolecular Hbond substituents is 1. The van der Waals surface area contributed by atoms with Gasteiger partial charge in [-0.1, -0.05) is 6.58 Å². The van der Waals surface area contributed by atoms with Gasteiger partial charge in [-0.05, 0) is 44.5 Å². The topological polar surface area (TPSA) is 84.6 Å². The van der Waals surface area contributed by atoms with Crippen LogP contribution in [-0.4, -0.2) is 23.3 Å². The number of aromatic hydroxyl groups is 1. The quantitative estimate of drug-likeness (QED) is 0.733. The average molecular weight is 264 g/mol. The number of hydrogen-bond donors (Lipinski definition) is 3. The van der Waals surface area contributed by atoms with E-state index in [1.807, 2.05) is 0 Å². The van der Waals surface area contributed by atoms with Gasteiger partial charge >= 0.3 is 6.09 Å². The molecule has 0 atom stereocenters. The summed E-state index contributed by atoms with van der Waals surface area (Å²) >= 11 is 0. The Morgan fingerprint density at radius 1 is 1.47 bits per heavy atom. The number of amides is 1. The normalized spacial score (nSPS) is 10.9. The molecule has 0 fully saturated rings. The number of anilines is 1. The first kappa shape index (κ1) is 15.0. The number of nitrogens with one attached hydrogen (secondary N) is 1. The van der Waals surface area contributed by atoms with Crippen LogP contribution in [0.5, 0.6) is 5.75 Å². The summed E-state index contributed by atoms with van der Waals surface area (Å²) in [4.78, 5) is 11.6. The third-order valence-corrected chi connectivity index (χ3v) is 2.27. The highest BCUT2D eigenvalue weighted by atomic mass is 16.6. The lowest BCUT2D eigenvalue weighted by atomic mass is 10.1. The Morgan fingerprint density at radius 3 is 2.63 bits per heavy atom. The van der Waals surface area contributed by atoms with Crippen molar-refractivity contribution in [1.82, 2.24) is 0 Å². The van der Waals surface area contributed by atoms with Crippen LogP contribution in [0.2, 0.25) is 0 Å². The smallest absolute Gasteiger partial charge is 0.412 e. The van der Waals surface area contributed by atoms with E-state index < -0.39 is 11.7 Å². The highest BCUT2D eigenvalue weighted by Gasteiger charge is 2.16. The summed E-state index contributed by atoms with van der Waals surface area (Å²) in [7, 11) is 0. The maximum absolute atomic E-state index is 11.6. The van der Waals surface area contributed by atoms with Gasteiger partial charge in [0.1, 0.15) is 11.4 Å². The van der Waals surface area contributed by atoms with Crippen molar-refractivity contribution >= 4 is 17.4 Å². The van der Waals surface area contributed by atoms with Gasteiger partial charge in [-0.25, -0.2) is 4.79 Å². The van der Waals surface area contributed by atoms with Gasteiger partial charge in [0.15, 0.2) is 0 Å². The highest BCUT2D eigenvalue weighted by Crippen LogP contribution is 2.27. The van der Waals surface area contributed by atoms with Crippen molar-refractivity contribution in [3.05, 3.63) is 30.3 Å². The van der Waals surface area contributed by atoms with Crippen LogP contribution in [0.3, 0.4) is 0 Å². The molecule has 5 heteroatoms. The molecule has 19 heavy (non-hydrogen) atoms. The zero-order valence-electron chi connectivity index (χ0n) is 11.5. The average Bonchev–Trinajstić information content (AvgIpc) is 2.28. The van der Waals surface area contributed by atoms with Crippen LogP contribution >= 0.6 is 0 Å². The molecule has 1 aromatic rings. The number of phenols is 1. The van der Waals surface area contributed by atoms with Gasteiger partial charge in [0.25, 0.3) is 0 Å². The first-order valence-corrected chi connectivity index (χ1v) is 5.94. The maximum Gasteiger partial charge on any atom is 0.412 e. The van der Waals surface area contributed by atoms with Crippen LogP contribution in [0, 0.1) is 0 Å². The lowest BCUT2D eigenvalue weighted by Crippen LogP contribution is -2.27. The monoisotopic (exact) mass is 264 g/mol. The molecule has 0 bridgehead atoms. The molecular weight excluding hydrogens is 244 g/mol. The second-order valence-corrected chi connectivity index (χ2v) is 5.17. The van der Waals surface area contributed by atoms with E-state index in [0.717, 1.165) is 0 Å². The first-order chi connectivity index (χ1) is 8.73. The van der Waals surface area contributed by atoms with Crippen LogP contribution in [0.25, 0.3) is 5.57 Å². The van der Waals surface area contributed by atoms with Gasteiger partial charge in [0.05, 0.1) is 0 Å². The number of carbonyl (C=O) groups is 1. The number of carbonyl (C=O) groups excluding carboxylic acids is 1. The molecular formula is C14H20N2O3. The molecule has 0 aliphatic rings. The van der Waals surface area contributed by atoms with Crippen molar-refractivity contribution in [2.75, 3.05) is 11.9 Å². The first-order valence-electron chi connectivity index (χ1n) is 5.94. The fourth-order valence-corrected chi connectivity index (χ4v) is 1.43. The molecule has 0 heterocycles. The largest absolute Gasteiger partial charge is 0.507 e. The summed E-state index contributed by atoms with van der Waals surface area (Å²) in [6.45, 7) is 9.33. The fraction of sp³-hybridized carbons (Fsp3) is 0.357. The second kappa shape index (κ2) is 5.75. The Kier molecular flexibility index (Phi) is 4.56. The van der Waals surface area contributed by atoms with Crippen LogP contribution in [0.4, 0.5) is 10.5 Å². The molecule has 0 saturated heterocycles. The lowest BCUT2D eigenvalue weighted by Gasteiger charge is -2.20. The Bertz CT molecular complexity index is 490. The number of rotatable bonds is 3. The van der Waals surface area contributed by atoms with E-state index >= 15 is 0 Å². The Morgan fingerprint density at radius 2 is 2.11 bits per heavy atom. The van der Waals surface area contributed by atoms with Crippen LogP contribution < -0.4 is 11.1 Å². The molecule has 5 nitrogen and oxygen atoms in total. The zero-order chi connectivity index (χ0) is 14.6. The van der Waals surface area contributed by atoms with Crippen molar-refractivity contribution in [2.24, 2.45) is 5.73 Å². The van der Waals surface area contributed by atoms with E-state index in [4.69, 9.17) is 10.5 Å². The molecule has 104 valence electrons. The van der Waals surface area contributed by atoms with Gasteiger partial charge < -0.3 is 15.6 Å². The van der Waals surface area contributed by atoms with E-state index in [-0.39, 0.29) is 12.3 Å².